The lowest BCUT2D eigenvalue weighted by molar-refractivity contribution is -0.150. The molecule has 0 aliphatic heterocycles. The smallest absolute Gasteiger partial charge is 0.306 e. The second kappa shape index (κ2) is 41.0. The Labute approximate surface area is 324 Å². The summed E-state index contributed by atoms with van der Waals surface area (Å²) in [6.45, 7) is 13.0. The maximum atomic E-state index is 12.9. The molecule has 1 N–H and O–H groups in total. The Balaban J connectivity index is 4.14. The summed E-state index contributed by atoms with van der Waals surface area (Å²) in [5.41, 5.74) is 0. The molecule has 1 unspecified atom stereocenters. The minimum Gasteiger partial charge on any atom is -0.466 e. The van der Waals surface area contributed by atoms with Crippen LogP contribution in [0.5, 0.6) is 0 Å². The van der Waals surface area contributed by atoms with Crippen LogP contribution in [-0.4, -0.2) is 60.9 Å². The Kier molecular flexibility index (Phi) is 40.1. The molecule has 0 fully saturated rings. The third-order valence-corrected chi connectivity index (χ3v) is 10.8. The molecule has 0 spiro atoms. The molecule has 0 aromatic heterocycles. The molecule has 6 heteroatoms. The first-order valence-corrected chi connectivity index (χ1v) is 23.1. The predicted octanol–water partition coefficient (Wildman–Crippen LogP) is 13.3. The van der Waals surface area contributed by atoms with Gasteiger partial charge in [0.1, 0.15) is 6.10 Å². The van der Waals surface area contributed by atoms with Crippen molar-refractivity contribution in [3.8, 4) is 0 Å². The number of hydrogen-bond donors (Lipinski definition) is 1. The van der Waals surface area contributed by atoms with Gasteiger partial charge in [0.05, 0.1) is 6.61 Å². The van der Waals surface area contributed by atoms with E-state index in [-0.39, 0.29) is 24.6 Å². The fourth-order valence-corrected chi connectivity index (χ4v) is 7.23. The van der Waals surface area contributed by atoms with Gasteiger partial charge in [0.15, 0.2) is 0 Å². The number of hydrogen-bond acceptors (Lipinski definition) is 6. The van der Waals surface area contributed by atoms with Crippen LogP contribution in [0.2, 0.25) is 0 Å². The Morgan fingerprint density at radius 3 is 1.48 bits per heavy atom. The highest BCUT2D eigenvalue weighted by atomic mass is 16.5. The Morgan fingerprint density at radius 2 is 0.923 bits per heavy atom. The topological polar surface area (TPSA) is 76.1 Å². The van der Waals surface area contributed by atoms with E-state index in [9.17, 15) is 14.7 Å². The molecule has 0 radical (unpaired) electrons. The maximum absolute atomic E-state index is 12.9. The molecule has 0 amide bonds. The fourth-order valence-electron chi connectivity index (χ4n) is 7.23. The molecule has 0 bridgehead atoms. The molecule has 0 aromatic carbocycles. The molecule has 0 aliphatic rings. The van der Waals surface area contributed by atoms with Crippen LogP contribution in [0.4, 0.5) is 0 Å². The van der Waals surface area contributed by atoms with E-state index in [4.69, 9.17) is 9.47 Å². The van der Waals surface area contributed by atoms with E-state index >= 15 is 0 Å². The van der Waals surface area contributed by atoms with E-state index in [1.165, 1.54) is 141 Å². The molecular formula is C46H91NO5. The van der Waals surface area contributed by atoms with Gasteiger partial charge in [0, 0.05) is 26.0 Å². The Morgan fingerprint density at radius 1 is 0.481 bits per heavy atom. The lowest BCUT2D eigenvalue weighted by atomic mass is 9.98. The number of aliphatic hydroxyl groups excluding tert-OH is 1. The third-order valence-electron chi connectivity index (χ3n) is 10.8. The molecule has 310 valence electrons. The number of unbranched alkanes of at least 4 members (excludes halogenated alkanes) is 21. The third kappa shape index (κ3) is 37.2. The van der Waals surface area contributed by atoms with Gasteiger partial charge < -0.3 is 19.5 Å². The lowest BCUT2D eigenvalue weighted by Gasteiger charge is -2.22. The van der Waals surface area contributed by atoms with E-state index in [1.54, 1.807) is 0 Å². The summed E-state index contributed by atoms with van der Waals surface area (Å²) < 4.78 is 11.5. The van der Waals surface area contributed by atoms with Gasteiger partial charge in [-0.2, -0.15) is 0 Å². The highest BCUT2D eigenvalue weighted by Crippen LogP contribution is 2.20. The van der Waals surface area contributed by atoms with Gasteiger partial charge in [-0.3, -0.25) is 9.59 Å². The van der Waals surface area contributed by atoms with Crippen LogP contribution in [0.15, 0.2) is 0 Å². The number of aliphatic hydroxyl groups is 1. The van der Waals surface area contributed by atoms with E-state index in [2.05, 4.69) is 32.6 Å². The summed E-state index contributed by atoms with van der Waals surface area (Å²) in [4.78, 5) is 27.4. The number of rotatable bonds is 42. The van der Waals surface area contributed by atoms with Crippen LogP contribution in [0.1, 0.15) is 240 Å². The van der Waals surface area contributed by atoms with Crippen molar-refractivity contribution in [2.75, 3.05) is 32.8 Å². The van der Waals surface area contributed by atoms with Crippen LogP contribution in [0, 0.1) is 5.92 Å². The number of carbonyl (C=O) groups excluding carboxylic acids is 2. The van der Waals surface area contributed by atoms with Gasteiger partial charge in [-0.05, 0) is 83.2 Å². The van der Waals surface area contributed by atoms with Crippen molar-refractivity contribution in [2.24, 2.45) is 5.92 Å². The summed E-state index contributed by atoms with van der Waals surface area (Å²) in [5.74, 6) is 0.524. The summed E-state index contributed by atoms with van der Waals surface area (Å²) in [5, 5.41) is 9.41. The highest BCUT2D eigenvalue weighted by Gasteiger charge is 2.16. The van der Waals surface area contributed by atoms with Crippen molar-refractivity contribution >= 4 is 11.9 Å². The largest absolute Gasteiger partial charge is 0.466 e. The minimum atomic E-state index is -0.0262. The van der Waals surface area contributed by atoms with Crippen LogP contribution in [0.3, 0.4) is 0 Å². The molecule has 0 aromatic rings. The molecule has 1 atom stereocenters. The van der Waals surface area contributed by atoms with Gasteiger partial charge in [0.25, 0.3) is 0 Å². The van der Waals surface area contributed by atoms with Crippen molar-refractivity contribution in [1.82, 2.24) is 4.90 Å². The van der Waals surface area contributed by atoms with E-state index in [1.807, 2.05) is 0 Å². The number of nitrogens with zero attached hydrogens (tertiary/aromatic N) is 1. The SMILES string of the molecule is CCCCCCCCCOC(=O)CCCCCCCN(CCCO)CCCCC(C)CCC(=O)OC(CCCCCCCC)CCCCCCCC. The van der Waals surface area contributed by atoms with Crippen molar-refractivity contribution in [1.29, 1.82) is 0 Å². The van der Waals surface area contributed by atoms with E-state index in [0.29, 0.717) is 25.4 Å². The lowest BCUT2D eigenvalue weighted by Crippen LogP contribution is -2.28. The first kappa shape index (κ1) is 50.9. The van der Waals surface area contributed by atoms with Crippen LogP contribution in [0.25, 0.3) is 0 Å². The molecule has 0 aliphatic carbocycles. The van der Waals surface area contributed by atoms with Crippen molar-refractivity contribution in [3.63, 3.8) is 0 Å². The van der Waals surface area contributed by atoms with Gasteiger partial charge in [-0.15, -0.1) is 0 Å². The van der Waals surface area contributed by atoms with E-state index < -0.39 is 0 Å². The molecule has 0 rings (SSSR count). The predicted molar refractivity (Wildman–Crippen MR) is 223 cm³/mol. The number of esters is 2. The fraction of sp³-hybridized carbons (Fsp3) is 0.957. The van der Waals surface area contributed by atoms with Crippen LogP contribution < -0.4 is 0 Å². The molecule has 6 nitrogen and oxygen atoms in total. The zero-order valence-electron chi connectivity index (χ0n) is 35.6. The molecular weight excluding hydrogens is 647 g/mol. The van der Waals surface area contributed by atoms with Crippen molar-refractivity contribution in [3.05, 3.63) is 0 Å². The second-order valence-corrected chi connectivity index (χ2v) is 16.1. The standard InChI is InChI=1S/C46H91NO5/c1-5-8-11-14-17-23-30-42-51-45(49)35-26-21-18-22-28-38-47(40-31-41-48)39-29-27-32-43(4)36-37-46(50)52-44(33-24-19-15-12-9-6-2)34-25-20-16-13-10-7-3/h43-44,48H,5-42H2,1-4H3. The number of carbonyl (C=O) groups is 2. The quantitative estimate of drug-likeness (QED) is 0.0496. The minimum absolute atomic E-state index is 0.0164. The van der Waals surface area contributed by atoms with Crippen LogP contribution in [-0.2, 0) is 19.1 Å². The first-order chi connectivity index (χ1) is 25.5. The molecule has 0 saturated carbocycles. The monoisotopic (exact) mass is 738 g/mol. The average Bonchev–Trinajstić information content (AvgIpc) is 3.14. The summed E-state index contributed by atoms with van der Waals surface area (Å²) in [6, 6.07) is 0. The zero-order valence-corrected chi connectivity index (χ0v) is 35.6. The first-order valence-electron chi connectivity index (χ1n) is 23.1. The molecule has 0 saturated heterocycles. The van der Waals surface area contributed by atoms with Gasteiger partial charge in [0.2, 0.25) is 0 Å². The van der Waals surface area contributed by atoms with E-state index in [0.717, 1.165) is 77.4 Å². The van der Waals surface area contributed by atoms with Gasteiger partial charge >= 0.3 is 11.9 Å². The van der Waals surface area contributed by atoms with Crippen molar-refractivity contribution in [2.45, 2.75) is 246 Å². The zero-order chi connectivity index (χ0) is 38.2. The molecule has 0 heterocycles. The summed E-state index contributed by atoms with van der Waals surface area (Å²) >= 11 is 0. The second-order valence-electron chi connectivity index (χ2n) is 16.1. The normalized spacial score (nSPS) is 12.2. The Bertz CT molecular complexity index is 730. The maximum Gasteiger partial charge on any atom is 0.306 e. The summed E-state index contributed by atoms with van der Waals surface area (Å²) in [6.07, 6.45) is 38.1. The van der Waals surface area contributed by atoms with Crippen LogP contribution >= 0.6 is 0 Å². The van der Waals surface area contributed by atoms with Crippen molar-refractivity contribution < 1.29 is 24.2 Å². The average molecular weight is 738 g/mol. The summed E-state index contributed by atoms with van der Waals surface area (Å²) in [7, 11) is 0. The highest BCUT2D eigenvalue weighted by molar-refractivity contribution is 5.69. The molecule has 52 heavy (non-hydrogen) atoms. The van der Waals surface area contributed by atoms with Gasteiger partial charge in [-0.25, -0.2) is 0 Å². The Hall–Kier alpha value is -1.14. The number of ether oxygens (including phenoxy) is 2. The van der Waals surface area contributed by atoms with Gasteiger partial charge in [-0.1, -0.05) is 163 Å².